The fraction of sp³-hybridized carbons (Fsp3) is 0.455. The largest absolute Gasteiger partial charge is 0.491 e. The van der Waals surface area contributed by atoms with Crippen molar-refractivity contribution in [2.75, 3.05) is 13.2 Å². The molecular formula is C11H16N2O2S. The first kappa shape index (κ1) is 12.9. The van der Waals surface area contributed by atoms with Gasteiger partial charge in [-0.1, -0.05) is 12.2 Å². The van der Waals surface area contributed by atoms with Crippen LogP contribution in [0.15, 0.2) is 18.3 Å². The molecule has 4 nitrogen and oxygen atoms in total. The van der Waals surface area contributed by atoms with E-state index in [1.807, 2.05) is 13.8 Å². The quantitative estimate of drug-likeness (QED) is 0.603. The summed E-state index contributed by atoms with van der Waals surface area (Å²) in [6.07, 6.45) is 1.83. The van der Waals surface area contributed by atoms with E-state index in [0.717, 1.165) is 0 Å². The molecule has 0 unspecified atom stereocenters. The molecule has 0 aliphatic rings. The van der Waals surface area contributed by atoms with Gasteiger partial charge in [0.1, 0.15) is 23.0 Å². The second-order valence-electron chi connectivity index (χ2n) is 3.51. The van der Waals surface area contributed by atoms with Crippen LogP contribution in [0.1, 0.15) is 19.5 Å². The molecule has 1 aromatic rings. The van der Waals surface area contributed by atoms with Crippen molar-refractivity contribution in [3.05, 3.63) is 24.0 Å². The second kappa shape index (κ2) is 6.40. The molecule has 0 aromatic carbocycles. The van der Waals surface area contributed by atoms with Gasteiger partial charge in [-0.25, -0.2) is 0 Å². The molecule has 0 fully saturated rings. The molecule has 0 aliphatic heterocycles. The number of hydrogen-bond donors (Lipinski definition) is 1. The summed E-state index contributed by atoms with van der Waals surface area (Å²) in [5.74, 6) is 0.699. The van der Waals surface area contributed by atoms with Gasteiger partial charge < -0.3 is 15.2 Å². The molecular weight excluding hydrogens is 224 g/mol. The number of rotatable bonds is 6. The third-order valence-electron chi connectivity index (χ3n) is 1.79. The number of nitrogens with two attached hydrogens (primary N) is 1. The van der Waals surface area contributed by atoms with Crippen molar-refractivity contribution in [3.8, 4) is 5.75 Å². The lowest BCUT2D eigenvalue weighted by molar-refractivity contribution is 0.0552. The Balaban J connectivity index is 2.42. The van der Waals surface area contributed by atoms with Gasteiger partial charge in [0.25, 0.3) is 0 Å². The Labute approximate surface area is 101 Å². The smallest absolute Gasteiger partial charge is 0.123 e. The van der Waals surface area contributed by atoms with Crippen LogP contribution in [0.2, 0.25) is 0 Å². The van der Waals surface area contributed by atoms with Gasteiger partial charge in [0.05, 0.1) is 12.7 Å². The lowest BCUT2D eigenvalue weighted by Crippen LogP contribution is -2.13. The van der Waals surface area contributed by atoms with Crippen molar-refractivity contribution in [2.45, 2.75) is 20.0 Å². The molecule has 1 heterocycles. The van der Waals surface area contributed by atoms with E-state index < -0.39 is 0 Å². The highest BCUT2D eigenvalue weighted by molar-refractivity contribution is 7.80. The van der Waals surface area contributed by atoms with E-state index in [1.54, 1.807) is 18.3 Å². The Hall–Kier alpha value is -1.20. The van der Waals surface area contributed by atoms with E-state index in [1.165, 1.54) is 0 Å². The lowest BCUT2D eigenvalue weighted by atomic mass is 10.3. The van der Waals surface area contributed by atoms with Crippen LogP contribution in [0.4, 0.5) is 0 Å². The van der Waals surface area contributed by atoms with Crippen LogP contribution in [0, 0.1) is 0 Å². The van der Waals surface area contributed by atoms with Crippen molar-refractivity contribution < 1.29 is 9.47 Å². The second-order valence-corrected chi connectivity index (χ2v) is 3.95. The van der Waals surface area contributed by atoms with Crippen molar-refractivity contribution in [1.82, 2.24) is 4.98 Å². The molecule has 0 spiro atoms. The van der Waals surface area contributed by atoms with E-state index in [0.29, 0.717) is 24.7 Å². The van der Waals surface area contributed by atoms with Crippen LogP contribution in [0.25, 0.3) is 0 Å². The summed E-state index contributed by atoms with van der Waals surface area (Å²) in [6, 6.07) is 3.48. The fourth-order valence-electron chi connectivity index (χ4n) is 1.08. The maximum Gasteiger partial charge on any atom is 0.123 e. The molecule has 0 saturated carbocycles. The molecule has 2 N–H and O–H groups in total. The minimum Gasteiger partial charge on any atom is -0.491 e. The van der Waals surface area contributed by atoms with Crippen molar-refractivity contribution in [1.29, 1.82) is 0 Å². The lowest BCUT2D eigenvalue weighted by Gasteiger charge is -2.09. The van der Waals surface area contributed by atoms with Gasteiger partial charge in [-0.05, 0) is 19.9 Å². The number of aromatic nitrogens is 1. The molecule has 0 amide bonds. The molecule has 0 radical (unpaired) electrons. The molecule has 0 aliphatic carbocycles. The summed E-state index contributed by atoms with van der Waals surface area (Å²) >= 11 is 4.83. The summed E-state index contributed by atoms with van der Waals surface area (Å²) in [5.41, 5.74) is 6.03. The van der Waals surface area contributed by atoms with E-state index in [9.17, 15) is 0 Å². The average molecular weight is 240 g/mol. The van der Waals surface area contributed by atoms with E-state index >= 15 is 0 Å². The standard InChI is InChI=1S/C11H16N2O2S/c1-8(2)14-5-6-15-9-3-4-13-10(7-9)11(12)16/h3-4,7-8H,5-6H2,1-2H3,(H2,12,16). The van der Waals surface area contributed by atoms with Crippen LogP contribution in [-0.2, 0) is 4.74 Å². The molecule has 0 bridgehead atoms. The van der Waals surface area contributed by atoms with Gasteiger partial charge >= 0.3 is 0 Å². The minimum atomic E-state index is 0.216. The van der Waals surface area contributed by atoms with Gasteiger partial charge in [0, 0.05) is 12.3 Å². The topological polar surface area (TPSA) is 57.4 Å². The van der Waals surface area contributed by atoms with Crippen molar-refractivity contribution in [3.63, 3.8) is 0 Å². The number of thiocarbonyl (C=S) groups is 1. The number of pyridine rings is 1. The van der Waals surface area contributed by atoms with Gasteiger partial charge in [0.15, 0.2) is 0 Å². The van der Waals surface area contributed by atoms with Gasteiger partial charge in [-0.15, -0.1) is 0 Å². The Morgan fingerprint density at radius 3 is 2.88 bits per heavy atom. The van der Waals surface area contributed by atoms with Crippen LogP contribution < -0.4 is 10.5 Å². The summed E-state index contributed by atoms with van der Waals surface area (Å²) in [4.78, 5) is 4.29. The summed E-state index contributed by atoms with van der Waals surface area (Å²) < 4.78 is 10.8. The molecule has 1 aromatic heterocycles. The number of hydrogen-bond acceptors (Lipinski definition) is 4. The van der Waals surface area contributed by atoms with E-state index in [4.69, 9.17) is 27.4 Å². The van der Waals surface area contributed by atoms with Crippen LogP contribution >= 0.6 is 12.2 Å². The third kappa shape index (κ3) is 4.55. The molecule has 0 atom stereocenters. The maximum absolute atomic E-state index is 5.47. The average Bonchev–Trinajstić information content (AvgIpc) is 2.24. The normalized spacial score (nSPS) is 10.4. The number of ether oxygens (including phenoxy) is 2. The summed E-state index contributed by atoms with van der Waals surface area (Å²) in [7, 11) is 0. The maximum atomic E-state index is 5.47. The molecule has 1 rings (SSSR count). The van der Waals surface area contributed by atoms with Crippen molar-refractivity contribution >= 4 is 17.2 Å². The zero-order valence-electron chi connectivity index (χ0n) is 9.47. The predicted molar refractivity (Wildman–Crippen MR) is 66.7 cm³/mol. The zero-order valence-corrected chi connectivity index (χ0v) is 10.3. The first-order valence-electron chi connectivity index (χ1n) is 5.10. The highest BCUT2D eigenvalue weighted by Crippen LogP contribution is 2.10. The Morgan fingerprint density at radius 1 is 1.50 bits per heavy atom. The van der Waals surface area contributed by atoms with Gasteiger partial charge in [-0.3, -0.25) is 4.98 Å². The van der Waals surface area contributed by atoms with Crippen LogP contribution in [-0.4, -0.2) is 29.3 Å². The monoisotopic (exact) mass is 240 g/mol. The zero-order chi connectivity index (χ0) is 12.0. The van der Waals surface area contributed by atoms with Gasteiger partial charge in [0.2, 0.25) is 0 Å². The Morgan fingerprint density at radius 2 is 2.25 bits per heavy atom. The third-order valence-corrected chi connectivity index (χ3v) is 2.00. The van der Waals surface area contributed by atoms with Gasteiger partial charge in [-0.2, -0.15) is 0 Å². The molecule has 0 saturated heterocycles. The SMILES string of the molecule is CC(C)OCCOc1ccnc(C(N)=S)c1. The summed E-state index contributed by atoms with van der Waals surface area (Å²) in [5, 5.41) is 0. The molecule has 5 heteroatoms. The highest BCUT2D eigenvalue weighted by atomic mass is 32.1. The minimum absolute atomic E-state index is 0.216. The highest BCUT2D eigenvalue weighted by Gasteiger charge is 2.01. The molecule has 16 heavy (non-hydrogen) atoms. The van der Waals surface area contributed by atoms with E-state index in [2.05, 4.69) is 4.98 Å². The van der Waals surface area contributed by atoms with E-state index in [-0.39, 0.29) is 11.1 Å². The Bertz CT molecular complexity index is 356. The Kier molecular flexibility index (Phi) is 5.14. The number of nitrogens with zero attached hydrogens (tertiary/aromatic N) is 1. The first-order chi connectivity index (χ1) is 7.59. The molecule has 88 valence electrons. The van der Waals surface area contributed by atoms with Crippen LogP contribution in [0.3, 0.4) is 0 Å². The first-order valence-corrected chi connectivity index (χ1v) is 5.50. The van der Waals surface area contributed by atoms with Crippen LogP contribution in [0.5, 0.6) is 5.75 Å². The summed E-state index contributed by atoms with van der Waals surface area (Å²) in [6.45, 7) is 5.02. The fourth-order valence-corrected chi connectivity index (χ4v) is 1.19. The van der Waals surface area contributed by atoms with Crippen molar-refractivity contribution in [2.24, 2.45) is 5.73 Å². The predicted octanol–water partition coefficient (Wildman–Crippen LogP) is 1.52.